The fourth-order valence-corrected chi connectivity index (χ4v) is 4.20. The van der Waals surface area contributed by atoms with Crippen molar-refractivity contribution >= 4 is 5.97 Å². The normalized spacial score (nSPS) is 11.4. The van der Waals surface area contributed by atoms with Gasteiger partial charge in [-0.3, -0.25) is 0 Å². The number of benzene rings is 2. The molecule has 2 rings (SSSR count). The largest absolute Gasteiger partial charge is 0.504 e. The van der Waals surface area contributed by atoms with Gasteiger partial charge in [-0.2, -0.15) is 0 Å². The summed E-state index contributed by atoms with van der Waals surface area (Å²) in [5.74, 6) is -0.557. The molecule has 0 bridgehead atoms. The zero-order valence-corrected chi connectivity index (χ0v) is 21.4. The fourth-order valence-electron chi connectivity index (χ4n) is 4.20. The van der Waals surface area contributed by atoms with Crippen molar-refractivity contribution in [3.63, 3.8) is 0 Å². The molecule has 2 aromatic carbocycles. The summed E-state index contributed by atoms with van der Waals surface area (Å²) in [5.41, 5.74) is 1.11. The summed E-state index contributed by atoms with van der Waals surface area (Å²) in [7, 11) is 1.41. The van der Waals surface area contributed by atoms with E-state index in [1.807, 2.05) is 38.1 Å². The van der Waals surface area contributed by atoms with Crippen molar-refractivity contribution in [2.45, 2.75) is 90.4 Å². The first-order chi connectivity index (χ1) is 16.3. The third-order valence-corrected chi connectivity index (χ3v) is 6.59. The van der Waals surface area contributed by atoms with Gasteiger partial charge in [-0.25, -0.2) is 4.79 Å². The number of methoxy groups -OCH3 is 1. The van der Waals surface area contributed by atoms with E-state index in [1.165, 1.54) is 71.0 Å². The predicted molar refractivity (Wildman–Crippen MR) is 138 cm³/mol. The Balaban J connectivity index is 1.85. The molecule has 0 radical (unpaired) electrons. The van der Waals surface area contributed by atoms with Crippen molar-refractivity contribution in [1.29, 1.82) is 0 Å². The Bertz CT molecular complexity index is 886. The summed E-state index contributed by atoms with van der Waals surface area (Å²) in [6, 6.07) is 11.1. The third kappa shape index (κ3) is 7.96. The molecule has 0 heterocycles. The molecule has 188 valence electrons. The van der Waals surface area contributed by atoms with Crippen LogP contribution in [-0.2, 0) is 5.41 Å². The van der Waals surface area contributed by atoms with Crippen LogP contribution in [0.15, 0.2) is 36.4 Å². The summed E-state index contributed by atoms with van der Waals surface area (Å²) in [6.07, 6.45) is 13.0. The van der Waals surface area contributed by atoms with Gasteiger partial charge in [0, 0.05) is 5.41 Å². The highest BCUT2D eigenvalue weighted by Crippen LogP contribution is 2.39. The van der Waals surface area contributed by atoms with Gasteiger partial charge in [0.05, 0.1) is 13.7 Å². The molecule has 0 saturated heterocycles. The number of hydrogen-bond acceptors (Lipinski definition) is 4. The highest BCUT2D eigenvalue weighted by Gasteiger charge is 2.27. The zero-order chi connectivity index (χ0) is 25.0. The van der Waals surface area contributed by atoms with Crippen molar-refractivity contribution in [3.8, 4) is 17.2 Å². The fraction of sp³-hybridized carbons (Fsp3) is 0.552. The Morgan fingerprint density at radius 3 is 1.94 bits per heavy atom. The lowest BCUT2D eigenvalue weighted by molar-refractivity contribution is 0.0693. The van der Waals surface area contributed by atoms with E-state index in [0.717, 1.165) is 29.9 Å². The van der Waals surface area contributed by atoms with E-state index in [1.54, 1.807) is 6.07 Å². The van der Waals surface area contributed by atoms with E-state index in [2.05, 4.69) is 6.92 Å². The van der Waals surface area contributed by atoms with Crippen LogP contribution in [0.5, 0.6) is 17.2 Å². The maximum atomic E-state index is 11.6. The van der Waals surface area contributed by atoms with Crippen molar-refractivity contribution in [2.24, 2.45) is 0 Å². The lowest BCUT2D eigenvalue weighted by Gasteiger charge is -2.27. The Labute approximate surface area is 205 Å². The molecule has 0 atom stereocenters. The number of carboxylic acids is 1. The Morgan fingerprint density at radius 1 is 0.853 bits per heavy atom. The molecule has 0 fully saturated rings. The number of ether oxygens (including phenoxy) is 2. The number of aromatic carboxylic acids is 1. The number of hydrogen-bond donors (Lipinski definition) is 2. The molecule has 0 aliphatic rings. The second-order valence-electron chi connectivity index (χ2n) is 9.56. The van der Waals surface area contributed by atoms with Crippen LogP contribution in [0.1, 0.15) is 106 Å². The Kier molecular flexibility index (Phi) is 11.2. The molecule has 0 spiro atoms. The van der Waals surface area contributed by atoms with E-state index >= 15 is 0 Å². The van der Waals surface area contributed by atoms with Gasteiger partial charge in [0.25, 0.3) is 0 Å². The molecule has 0 aliphatic carbocycles. The second kappa shape index (κ2) is 13.9. The average molecular weight is 471 g/mol. The predicted octanol–water partition coefficient (Wildman–Crippen LogP) is 7.72. The molecule has 5 heteroatoms. The van der Waals surface area contributed by atoms with E-state index in [0.29, 0.717) is 0 Å². The van der Waals surface area contributed by atoms with Crippen molar-refractivity contribution in [3.05, 3.63) is 53.1 Å². The van der Waals surface area contributed by atoms with E-state index in [9.17, 15) is 15.0 Å². The number of phenols is 1. The van der Waals surface area contributed by atoms with Gasteiger partial charge in [-0.1, -0.05) is 90.7 Å². The van der Waals surface area contributed by atoms with Crippen LogP contribution in [0.4, 0.5) is 0 Å². The molecule has 0 saturated carbocycles. The van der Waals surface area contributed by atoms with E-state index in [-0.39, 0.29) is 17.1 Å². The summed E-state index contributed by atoms with van der Waals surface area (Å²) in [5, 5.41) is 19.6. The molecule has 0 amide bonds. The smallest absolute Gasteiger partial charge is 0.339 e. The molecule has 34 heavy (non-hydrogen) atoms. The van der Waals surface area contributed by atoms with Gasteiger partial charge in [0.2, 0.25) is 0 Å². The maximum Gasteiger partial charge on any atom is 0.339 e. The highest BCUT2D eigenvalue weighted by atomic mass is 16.5. The topological polar surface area (TPSA) is 76.0 Å². The number of unbranched alkanes of at least 4 members (excludes halogenated alkanes) is 9. The SMILES string of the molecule is CCCCCCCCCCCCOc1ccc(C(C)(C)c2cc(OC)c(O)c(C(=O)O)c2)cc1. The number of carbonyl (C=O) groups is 1. The molecule has 0 unspecified atom stereocenters. The monoisotopic (exact) mass is 470 g/mol. The van der Waals surface area contributed by atoms with Gasteiger partial charge in [0.1, 0.15) is 11.3 Å². The molecule has 2 aromatic rings. The molecule has 2 N–H and O–H groups in total. The van der Waals surface area contributed by atoms with Crippen LogP contribution >= 0.6 is 0 Å². The molecule has 0 aromatic heterocycles. The van der Waals surface area contributed by atoms with Crippen molar-refractivity contribution < 1.29 is 24.5 Å². The van der Waals surface area contributed by atoms with Crippen LogP contribution in [0, 0.1) is 0 Å². The van der Waals surface area contributed by atoms with E-state index < -0.39 is 11.4 Å². The van der Waals surface area contributed by atoms with E-state index in [4.69, 9.17) is 9.47 Å². The van der Waals surface area contributed by atoms with Crippen molar-refractivity contribution in [1.82, 2.24) is 0 Å². The molecular formula is C29H42O5. The maximum absolute atomic E-state index is 11.6. The lowest BCUT2D eigenvalue weighted by Crippen LogP contribution is -2.20. The van der Waals surface area contributed by atoms with Crippen LogP contribution in [0.3, 0.4) is 0 Å². The van der Waals surface area contributed by atoms with Crippen LogP contribution < -0.4 is 9.47 Å². The van der Waals surface area contributed by atoms with Crippen LogP contribution in [0.2, 0.25) is 0 Å². The summed E-state index contributed by atoms with van der Waals surface area (Å²) in [6.45, 7) is 7.01. The molecule has 0 aliphatic heterocycles. The zero-order valence-electron chi connectivity index (χ0n) is 21.4. The molecular weight excluding hydrogens is 428 g/mol. The molecule has 5 nitrogen and oxygen atoms in total. The van der Waals surface area contributed by atoms with Gasteiger partial charge >= 0.3 is 5.97 Å². The van der Waals surface area contributed by atoms with Gasteiger partial charge in [0.15, 0.2) is 11.5 Å². The van der Waals surface area contributed by atoms with Gasteiger partial charge < -0.3 is 19.7 Å². The van der Waals surface area contributed by atoms with Gasteiger partial charge in [-0.15, -0.1) is 0 Å². The average Bonchev–Trinajstić information content (AvgIpc) is 2.82. The number of aromatic hydroxyl groups is 1. The minimum absolute atomic E-state index is 0.152. The third-order valence-electron chi connectivity index (χ3n) is 6.59. The summed E-state index contributed by atoms with van der Waals surface area (Å²) < 4.78 is 11.1. The highest BCUT2D eigenvalue weighted by molar-refractivity contribution is 5.92. The Morgan fingerprint density at radius 2 is 1.41 bits per heavy atom. The number of carboxylic acid groups (broad SMARTS) is 1. The first-order valence-corrected chi connectivity index (χ1v) is 12.7. The van der Waals surface area contributed by atoms with Crippen molar-refractivity contribution in [2.75, 3.05) is 13.7 Å². The van der Waals surface area contributed by atoms with Gasteiger partial charge in [-0.05, 0) is 41.8 Å². The number of rotatable bonds is 16. The lowest BCUT2D eigenvalue weighted by atomic mass is 9.77. The van der Waals surface area contributed by atoms with Crippen LogP contribution in [0.25, 0.3) is 0 Å². The summed E-state index contributed by atoms with van der Waals surface area (Å²) >= 11 is 0. The minimum Gasteiger partial charge on any atom is -0.504 e. The summed E-state index contributed by atoms with van der Waals surface area (Å²) in [4.78, 5) is 11.6. The first kappa shape index (κ1) is 27.6. The first-order valence-electron chi connectivity index (χ1n) is 12.7. The standard InChI is InChI=1S/C29H42O5/c1-5-6-7-8-9-10-11-12-13-14-19-34-24-17-15-22(16-18-24)29(2,3)23-20-25(28(31)32)27(30)26(21-23)33-4/h15-18,20-21,30H,5-14,19H2,1-4H3,(H,31,32). The Hall–Kier alpha value is -2.69. The minimum atomic E-state index is -1.19. The second-order valence-corrected chi connectivity index (χ2v) is 9.56. The van der Waals surface area contributed by atoms with Crippen LogP contribution in [-0.4, -0.2) is 29.9 Å². The quantitative estimate of drug-likeness (QED) is 0.246.